The number of rotatable bonds is 6. The lowest BCUT2D eigenvalue weighted by atomic mass is 10.1. The second-order valence-electron chi connectivity index (χ2n) is 4.43. The minimum atomic E-state index is -0.162. The maximum Gasteiger partial charge on any atom is 0.305 e. The van der Waals surface area contributed by atoms with Crippen molar-refractivity contribution in [3.63, 3.8) is 0 Å². The van der Waals surface area contributed by atoms with Crippen LogP contribution in [0.5, 0.6) is 0 Å². The van der Waals surface area contributed by atoms with Crippen molar-refractivity contribution in [3.8, 4) is 0 Å². The molecule has 5 heteroatoms. The van der Waals surface area contributed by atoms with E-state index < -0.39 is 0 Å². The third-order valence-electron chi connectivity index (χ3n) is 3.01. The van der Waals surface area contributed by atoms with Gasteiger partial charge in [-0.25, -0.2) is 0 Å². The molecule has 0 aliphatic carbocycles. The van der Waals surface area contributed by atoms with Crippen molar-refractivity contribution >= 4 is 28.2 Å². The summed E-state index contributed by atoms with van der Waals surface area (Å²) in [5.41, 5.74) is 8.55. The van der Waals surface area contributed by atoms with E-state index >= 15 is 0 Å². The van der Waals surface area contributed by atoms with Gasteiger partial charge in [0.25, 0.3) is 0 Å². The van der Waals surface area contributed by atoms with Crippen LogP contribution >= 0.6 is 0 Å². The Kier molecular flexibility index (Phi) is 4.76. The molecule has 2 rings (SSSR count). The Labute approximate surface area is 118 Å². The number of hydrogen-bond acceptors (Lipinski definition) is 5. The number of benzene rings is 1. The van der Waals surface area contributed by atoms with E-state index in [1.807, 2.05) is 24.3 Å². The Morgan fingerprint density at radius 1 is 1.40 bits per heavy atom. The average Bonchev–Trinajstić information content (AvgIpc) is 2.46. The number of ether oxygens (including phenoxy) is 1. The molecule has 5 nitrogen and oxygen atoms in total. The monoisotopic (exact) mass is 273 g/mol. The van der Waals surface area contributed by atoms with E-state index in [4.69, 9.17) is 10.5 Å². The van der Waals surface area contributed by atoms with E-state index in [1.165, 1.54) is 0 Å². The number of pyridine rings is 1. The number of aromatic nitrogens is 1. The highest BCUT2D eigenvalue weighted by molar-refractivity contribution is 5.96. The molecule has 0 atom stereocenters. The zero-order chi connectivity index (χ0) is 14.4. The van der Waals surface area contributed by atoms with Crippen LogP contribution in [0.15, 0.2) is 30.5 Å². The highest BCUT2D eigenvalue weighted by atomic mass is 16.5. The summed E-state index contributed by atoms with van der Waals surface area (Å²) in [6.07, 6.45) is 2.87. The molecule has 2 aromatic rings. The first-order valence-electron chi connectivity index (χ1n) is 6.75. The average molecular weight is 273 g/mol. The summed E-state index contributed by atoms with van der Waals surface area (Å²) in [6.45, 7) is 2.91. The molecule has 1 aromatic heterocycles. The number of fused-ring (bicyclic) bond motifs is 1. The first-order valence-corrected chi connectivity index (χ1v) is 6.75. The molecule has 0 saturated heterocycles. The maximum atomic E-state index is 11.2. The van der Waals surface area contributed by atoms with Gasteiger partial charge >= 0.3 is 5.97 Å². The van der Waals surface area contributed by atoms with Gasteiger partial charge in [-0.2, -0.15) is 0 Å². The number of anilines is 2. The van der Waals surface area contributed by atoms with Gasteiger partial charge in [-0.15, -0.1) is 0 Å². The molecule has 20 heavy (non-hydrogen) atoms. The van der Waals surface area contributed by atoms with Crippen LogP contribution in [0.2, 0.25) is 0 Å². The van der Waals surface area contributed by atoms with E-state index in [0.717, 1.165) is 16.6 Å². The minimum Gasteiger partial charge on any atom is -0.466 e. The Balaban J connectivity index is 1.93. The predicted molar refractivity (Wildman–Crippen MR) is 80.5 cm³/mol. The number of nitrogens with two attached hydrogens (primary N) is 1. The molecule has 0 saturated carbocycles. The lowest BCUT2D eigenvalue weighted by Crippen LogP contribution is -2.09. The number of carbonyl (C=O) groups is 1. The standard InChI is InChI=1S/C15H19N3O2/c1-2-20-14(19)6-4-10-18-13-8-7-12-11(15(13)16)5-3-9-17-12/h3,5,7-9,18H,2,4,6,10,16H2,1H3. The zero-order valence-electron chi connectivity index (χ0n) is 11.6. The fraction of sp³-hybridized carbons (Fsp3) is 0.333. The van der Waals surface area contributed by atoms with E-state index in [9.17, 15) is 4.79 Å². The van der Waals surface area contributed by atoms with Crippen LogP contribution in [0.25, 0.3) is 10.9 Å². The van der Waals surface area contributed by atoms with Crippen LogP contribution in [-0.4, -0.2) is 24.1 Å². The third kappa shape index (κ3) is 3.38. The maximum absolute atomic E-state index is 11.2. The van der Waals surface area contributed by atoms with E-state index in [1.54, 1.807) is 13.1 Å². The first-order chi connectivity index (χ1) is 9.72. The van der Waals surface area contributed by atoms with Crippen molar-refractivity contribution in [2.24, 2.45) is 0 Å². The molecule has 0 spiro atoms. The van der Waals surface area contributed by atoms with Crippen molar-refractivity contribution in [3.05, 3.63) is 30.5 Å². The smallest absolute Gasteiger partial charge is 0.305 e. The predicted octanol–water partition coefficient (Wildman–Crippen LogP) is 2.57. The molecule has 0 aliphatic heterocycles. The second kappa shape index (κ2) is 6.75. The Morgan fingerprint density at radius 2 is 2.25 bits per heavy atom. The summed E-state index contributed by atoms with van der Waals surface area (Å²) in [5, 5.41) is 4.18. The Hall–Kier alpha value is -2.30. The molecule has 106 valence electrons. The number of nitrogens with one attached hydrogen (secondary N) is 1. The van der Waals surface area contributed by atoms with Crippen molar-refractivity contribution in [1.29, 1.82) is 0 Å². The summed E-state index contributed by atoms with van der Waals surface area (Å²) >= 11 is 0. The molecule has 0 radical (unpaired) electrons. The number of esters is 1. The number of carbonyl (C=O) groups excluding carboxylic acids is 1. The molecule has 1 heterocycles. The van der Waals surface area contributed by atoms with Gasteiger partial charge in [0, 0.05) is 24.5 Å². The van der Waals surface area contributed by atoms with Crippen LogP contribution in [0.1, 0.15) is 19.8 Å². The quantitative estimate of drug-likeness (QED) is 0.480. The normalized spacial score (nSPS) is 10.4. The largest absolute Gasteiger partial charge is 0.466 e. The van der Waals surface area contributed by atoms with Gasteiger partial charge < -0.3 is 15.8 Å². The van der Waals surface area contributed by atoms with Gasteiger partial charge in [-0.3, -0.25) is 9.78 Å². The lowest BCUT2D eigenvalue weighted by Gasteiger charge is -2.11. The molecular weight excluding hydrogens is 254 g/mol. The Bertz CT molecular complexity index is 599. The summed E-state index contributed by atoms with van der Waals surface area (Å²) in [5.74, 6) is -0.162. The minimum absolute atomic E-state index is 0.162. The Morgan fingerprint density at radius 3 is 3.05 bits per heavy atom. The molecule has 0 unspecified atom stereocenters. The van der Waals surface area contributed by atoms with Crippen LogP contribution in [0, 0.1) is 0 Å². The van der Waals surface area contributed by atoms with E-state index in [-0.39, 0.29) is 5.97 Å². The van der Waals surface area contributed by atoms with Gasteiger partial charge in [0.1, 0.15) is 0 Å². The lowest BCUT2D eigenvalue weighted by molar-refractivity contribution is -0.143. The molecule has 0 amide bonds. The van der Waals surface area contributed by atoms with Crippen molar-refractivity contribution in [1.82, 2.24) is 4.98 Å². The SMILES string of the molecule is CCOC(=O)CCCNc1ccc2ncccc2c1N. The molecule has 0 aliphatic rings. The van der Waals surface area contributed by atoms with E-state index in [0.29, 0.717) is 31.7 Å². The van der Waals surface area contributed by atoms with Crippen LogP contribution < -0.4 is 11.1 Å². The second-order valence-corrected chi connectivity index (χ2v) is 4.43. The van der Waals surface area contributed by atoms with Crippen LogP contribution in [-0.2, 0) is 9.53 Å². The number of hydrogen-bond donors (Lipinski definition) is 2. The van der Waals surface area contributed by atoms with Crippen LogP contribution in [0.3, 0.4) is 0 Å². The molecular formula is C15H19N3O2. The van der Waals surface area contributed by atoms with Gasteiger partial charge in [0.05, 0.1) is 23.5 Å². The summed E-state index contributed by atoms with van der Waals surface area (Å²) in [4.78, 5) is 15.5. The highest BCUT2D eigenvalue weighted by Gasteiger charge is 2.05. The molecule has 1 aromatic carbocycles. The fourth-order valence-corrected chi connectivity index (χ4v) is 2.02. The molecule has 0 bridgehead atoms. The third-order valence-corrected chi connectivity index (χ3v) is 3.01. The van der Waals surface area contributed by atoms with Crippen molar-refractivity contribution < 1.29 is 9.53 Å². The number of nitrogen functional groups attached to an aromatic ring is 1. The van der Waals surface area contributed by atoms with Gasteiger partial charge in [0.15, 0.2) is 0 Å². The van der Waals surface area contributed by atoms with Crippen molar-refractivity contribution in [2.45, 2.75) is 19.8 Å². The molecule has 0 fully saturated rings. The van der Waals surface area contributed by atoms with Gasteiger partial charge in [-0.05, 0) is 37.6 Å². The van der Waals surface area contributed by atoms with Crippen LogP contribution in [0.4, 0.5) is 11.4 Å². The van der Waals surface area contributed by atoms with E-state index in [2.05, 4.69) is 10.3 Å². The van der Waals surface area contributed by atoms with Crippen molar-refractivity contribution in [2.75, 3.05) is 24.2 Å². The van der Waals surface area contributed by atoms with Gasteiger partial charge in [0.2, 0.25) is 0 Å². The van der Waals surface area contributed by atoms with Gasteiger partial charge in [-0.1, -0.05) is 0 Å². The fourth-order valence-electron chi connectivity index (χ4n) is 2.02. The first kappa shape index (κ1) is 14.1. The molecule has 3 N–H and O–H groups in total. The zero-order valence-corrected chi connectivity index (χ0v) is 11.6. The summed E-state index contributed by atoms with van der Waals surface area (Å²) < 4.78 is 4.88. The summed E-state index contributed by atoms with van der Waals surface area (Å²) in [7, 11) is 0. The summed E-state index contributed by atoms with van der Waals surface area (Å²) in [6, 6.07) is 7.65. The number of nitrogens with zero attached hydrogens (tertiary/aromatic N) is 1. The highest BCUT2D eigenvalue weighted by Crippen LogP contribution is 2.27. The topological polar surface area (TPSA) is 77.2 Å².